The maximum atomic E-state index is 11.9. The van der Waals surface area contributed by atoms with Gasteiger partial charge in [-0.3, -0.25) is 4.79 Å². The maximum absolute atomic E-state index is 11.9. The molecule has 0 aliphatic carbocycles. The van der Waals surface area contributed by atoms with Gasteiger partial charge in [-0.2, -0.15) is 0 Å². The molecule has 1 amide bonds. The third kappa shape index (κ3) is 2.65. The number of thiazole rings is 1. The van der Waals surface area contributed by atoms with Crippen LogP contribution in [0.4, 0.5) is 0 Å². The highest BCUT2D eigenvalue weighted by atomic mass is 32.1. The van der Waals surface area contributed by atoms with Crippen molar-refractivity contribution in [1.29, 1.82) is 0 Å². The first-order valence-electron chi connectivity index (χ1n) is 5.67. The van der Waals surface area contributed by atoms with Gasteiger partial charge >= 0.3 is 0 Å². The predicted octanol–water partition coefficient (Wildman–Crippen LogP) is 0.780. The number of likely N-dealkylation sites (tertiary alicyclic amines) is 1. The second-order valence-electron chi connectivity index (χ2n) is 4.10. The monoisotopic (exact) mass is 255 g/mol. The van der Waals surface area contributed by atoms with E-state index >= 15 is 0 Å². The summed E-state index contributed by atoms with van der Waals surface area (Å²) in [7, 11) is 1.63. The Balaban J connectivity index is 2.19. The van der Waals surface area contributed by atoms with Crippen LogP contribution in [0.15, 0.2) is 11.6 Å². The Bertz CT molecular complexity index is 369. The number of piperidine rings is 1. The van der Waals surface area contributed by atoms with Gasteiger partial charge in [-0.1, -0.05) is 0 Å². The van der Waals surface area contributed by atoms with Crippen LogP contribution in [0.5, 0.6) is 0 Å². The van der Waals surface area contributed by atoms with Gasteiger partial charge in [-0.15, -0.1) is 11.3 Å². The fourth-order valence-corrected chi connectivity index (χ4v) is 2.95. The first kappa shape index (κ1) is 12.5. The summed E-state index contributed by atoms with van der Waals surface area (Å²) in [5, 5.41) is 2.83. The lowest BCUT2D eigenvalue weighted by Crippen LogP contribution is -2.49. The van der Waals surface area contributed by atoms with E-state index in [1.54, 1.807) is 29.5 Å². The number of nitrogens with zero attached hydrogens (tertiary/aromatic N) is 2. The molecular formula is C11H17N3O2S. The molecule has 2 N–H and O–H groups in total. The van der Waals surface area contributed by atoms with Gasteiger partial charge in [0, 0.05) is 37.7 Å². The number of carbonyl (C=O) groups is 1. The quantitative estimate of drug-likeness (QED) is 0.863. The van der Waals surface area contributed by atoms with Crippen LogP contribution in [0.3, 0.4) is 0 Å². The minimum Gasteiger partial charge on any atom is -0.383 e. The average molecular weight is 255 g/mol. The fourth-order valence-electron chi connectivity index (χ4n) is 2.13. The summed E-state index contributed by atoms with van der Waals surface area (Å²) >= 11 is 1.55. The number of ether oxygens (including phenoxy) is 1. The molecule has 1 aromatic heterocycles. The zero-order valence-electron chi connectivity index (χ0n) is 9.83. The molecule has 1 aliphatic rings. The summed E-state index contributed by atoms with van der Waals surface area (Å²) < 4.78 is 5.04. The highest BCUT2D eigenvalue weighted by Crippen LogP contribution is 2.31. The molecule has 0 aromatic carbocycles. The molecule has 1 saturated heterocycles. The predicted molar refractivity (Wildman–Crippen MR) is 65.7 cm³/mol. The Morgan fingerprint density at radius 3 is 3.18 bits per heavy atom. The molecule has 17 heavy (non-hydrogen) atoms. The van der Waals surface area contributed by atoms with Crippen molar-refractivity contribution in [1.82, 2.24) is 9.88 Å². The van der Waals surface area contributed by atoms with Gasteiger partial charge in [-0.05, 0) is 6.42 Å². The van der Waals surface area contributed by atoms with Crippen molar-refractivity contribution in [3.63, 3.8) is 0 Å². The van der Waals surface area contributed by atoms with E-state index in [-0.39, 0.29) is 18.0 Å². The summed E-state index contributed by atoms with van der Waals surface area (Å²) in [5.74, 6) is 0.143. The Morgan fingerprint density at radius 2 is 2.53 bits per heavy atom. The van der Waals surface area contributed by atoms with Crippen molar-refractivity contribution in [2.45, 2.75) is 24.9 Å². The number of nitrogens with two attached hydrogens (primary N) is 1. The second-order valence-corrected chi connectivity index (χ2v) is 5.02. The first-order chi connectivity index (χ1) is 8.24. The highest BCUT2D eigenvalue weighted by Gasteiger charge is 2.35. The van der Waals surface area contributed by atoms with E-state index in [4.69, 9.17) is 10.5 Å². The van der Waals surface area contributed by atoms with Gasteiger partial charge in [0.2, 0.25) is 5.91 Å². The van der Waals surface area contributed by atoms with E-state index in [1.807, 2.05) is 5.38 Å². The maximum Gasteiger partial charge on any atom is 0.223 e. The van der Waals surface area contributed by atoms with E-state index in [9.17, 15) is 4.79 Å². The average Bonchev–Trinajstić information content (AvgIpc) is 2.83. The van der Waals surface area contributed by atoms with E-state index in [0.29, 0.717) is 19.6 Å². The molecule has 2 rings (SSSR count). The number of hydrogen-bond donors (Lipinski definition) is 1. The number of hydrogen-bond acceptors (Lipinski definition) is 5. The first-order valence-corrected chi connectivity index (χ1v) is 6.55. The Morgan fingerprint density at radius 1 is 1.71 bits per heavy atom. The van der Waals surface area contributed by atoms with Crippen LogP contribution < -0.4 is 5.73 Å². The Labute approximate surface area is 105 Å². The van der Waals surface area contributed by atoms with Gasteiger partial charge in [0.05, 0.1) is 12.6 Å². The summed E-state index contributed by atoms with van der Waals surface area (Å²) in [6.45, 7) is 1.10. The third-order valence-corrected chi connectivity index (χ3v) is 3.84. The largest absolute Gasteiger partial charge is 0.383 e. The number of carbonyl (C=O) groups excluding carboxylic acids is 1. The van der Waals surface area contributed by atoms with Gasteiger partial charge in [0.15, 0.2) is 0 Å². The highest BCUT2D eigenvalue weighted by molar-refractivity contribution is 7.09. The van der Waals surface area contributed by atoms with E-state index < -0.39 is 0 Å². The zero-order chi connectivity index (χ0) is 12.3. The molecule has 0 bridgehead atoms. The number of aromatic nitrogens is 1. The van der Waals surface area contributed by atoms with Crippen LogP contribution in [-0.2, 0) is 9.53 Å². The molecule has 1 aliphatic heterocycles. The second kappa shape index (κ2) is 5.57. The zero-order valence-corrected chi connectivity index (χ0v) is 10.7. The van der Waals surface area contributed by atoms with Gasteiger partial charge in [0.25, 0.3) is 0 Å². The van der Waals surface area contributed by atoms with Crippen LogP contribution in [0.25, 0.3) is 0 Å². The smallest absolute Gasteiger partial charge is 0.223 e. The van der Waals surface area contributed by atoms with Gasteiger partial charge in [0.1, 0.15) is 5.01 Å². The van der Waals surface area contributed by atoms with Crippen LogP contribution in [0.2, 0.25) is 0 Å². The summed E-state index contributed by atoms with van der Waals surface area (Å²) in [4.78, 5) is 18.0. The van der Waals surface area contributed by atoms with Gasteiger partial charge in [-0.25, -0.2) is 4.98 Å². The standard InChI is InChI=1S/C11H17N3O2S/c1-16-6-5-14-9(15)3-2-8(12)10(14)11-13-4-7-17-11/h4,7-8,10H,2-3,5-6,12H2,1H3. The Kier molecular flexibility index (Phi) is 4.09. The lowest BCUT2D eigenvalue weighted by Gasteiger charge is -2.38. The molecular weight excluding hydrogens is 238 g/mol. The van der Waals surface area contributed by atoms with E-state index in [0.717, 1.165) is 11.4 Å². The lowest BCUT2D eigenvalue weighted by molar-refractivity contribution is -0.138. The van der Waals surface area contributed by atoms with Crippen LogP contribution >= 0.6 is 11.3 Å². The third-order valence-electron chi connectivity index (χ3n) is 2.99. The minimum absolute atomic E-state index is 0.0318. The molecule has 1 aromatic rings. The fraction of sp³-hybridized carbons (Fsp3) is 0.636. The molecule has 2 atom stereocenters. The molecule has 2 heterocycles. The van der Waals surface area contributed by atoms with Crippen LogP contribution in [0.1, 0.15) is 23.9 Å². The molecule has 0 radical (unpaired) electrons. The van der Waals surface area contributed by atoms with Crippen molar-refractivity contribution in [2.75, 3.05) is 20.3 Å². The van der Waals surface area contributed by atoms with Gasteiger partial charge < -0.3 is 15.4 Å². The molecule has 0 spiro atoms. The number of methoxy groups -OCH3 is 1. The summed E-state index contributed by atoms with van der Waals surface area (Å²) in [6, 6.07) is -0.123. The molecule has 0 saturated carbocycles. The lowest BCUT2D eigenvalue weighted by atomic mass is 9.97. The van der Waals surface area contributed by atoms with Crippen molar-refractivity contribution < 1.29 is 9.53 Å². The number of amides is 1. The van der Waals surface area contributed by atoms with Crippen LogP contribution in [-0.4, -0.2) is 42.1 Å². The van der Waals surface area contributed by atoms with Crippen LogP contribution in [0, 0.1) is 0 Å². The molecule has 5 nitrogen and oxygen atoms in total. The summed E-state index contributed by atoms with van der Waals surface area (Å²) in [5.41, 5.74) is 6.13. The van der Waals surface area contributed by atoms with E-state index in [1.165, 1.54) is 0 Å². The van der Waals surface area contributed by atoms with Crippen molar-refractivity contribution in [2.24, 2.45) is 5.73 Å². The molecule has 6 heteroatoms. The topological polar surface area (TPSA) is 68.5 Å². The molecule has 94 valence electrons. The van der Waals surface area contributed by atoms with Crippen molar-refractivity contribution in [3.05, 3.63) is 16.6 Å². The molecule has 2 unspecified atom stereocenters. The molecule has 1 fully saturated rings. The normalized spacial score (nSPS) is 25.3. The minimum atomic E-state index is -0.0913. The van der Waals surface area contributed by atoms with E-state index in [2.05, 4.69) is 4.98 Å². The van der Waals surface area contributed by atoms with Crippen molar-refractivity contribution >= 4 is 17.2 Å². The SMILES string of the molecule is COCCN1C(=O)CCC(N)C1c1nccs1. The van der Waals surface area contributed by atoms with Crippen molar-refractivity contribution in [3.8, 4) is 0 Å². The Hall–Kier alpha value is -0.980. The summed E-state index contributed by atoms with van der Waals surface area (Å²) in [6.07, 6.45) is 3.00. The number of rotatable bonds is 4.